The van der Waals surface area contributed by atoms with Crippen molar-refractivity contribution >= 4 is 16.5 Å². The lowest BCUT2D eigenvalue weighted by Gasteiger charge is -2.05. The average Bonchev–Trinajstić information content (AvgIpc) is 2.78. The Bertz CT molecular complexity index is 508. The van der Waals surface area contributed by atoms with E-state index < -0.39 is 0 Å². The Labute approximate surface area is 105 Å². The van der Waals surface area contributed by atoms with Gasteiger partial charge in [0.25, 0.3) is 0 Å². The molecule has 3 nitrogen and oxygen atoms in total. The molecule has 0 spiro atoms. The molecular formula is C13H16N2OS. The number of aryl methyl sites for hydroxylation is 1. The molecule has 0 fully saturated rings. The lowest BCUT2D eigenvalue weighted by atomic mass is 10.1. The minimum atomic E-state index is 0.897. The standard InChI is InChI=1S/C13H16N2OS/c1-4-14-13-15-8-12(17-13)10-5-6-11(16-3)9(2)7-10/h5-8H,4H2,1-3H3,(H,14,15). The van der Waals surface area contributed by atoms with Crippen LogP contribution in [0.15, 0.2) is 24.4 Å². The van der Waals surface area contributed by atoms with E-state index in [4.69, 9.17) is 4.74 Å². The summed E-state index contributed by atoms with van der Waals surface area (Å²) in [5.41, 5.74) is 2.33. The van der Waals surface area contributed by atoms with Crippen LogP contribution in [-0.2, 0) is 0 Å². The first kappa shape index (κ1) is 11.9. The number of rotatable bonds is 4. The number of hydrogen-bond acceptors (Lipinski definition) is 4. The van der Waals surface area contributed by atoms with Crippen molar-refractivity contribution in [3.63, 3.8) is 0 Å². The Morgan fingerprint density at radius 2 is 2.24 bits per heavy atom. The Balaban J connectivity index is 2.29. The monoisotopic (exact) mass is 248 g/mol. The van der Waals surface area contributed by atoms with Crippen LogP contribution in [0.3, 0.4) is 0 Å². The number of hydrogen-bond donors (Lipinski definition) is 1. The highest BCUT2D eigenvalue weighted by atomic mass is 32.1. The molecule has 2 aromatic rings. The number of benzene rings is 1. The van der Waals surface area contributed by atoms with Gasteiger partial charge in [0.05, 0.1) is 12.0 Å². The first-order chi connectivity index (χ1) is 8.24. The summed E-state index contributed by atoms with van der Waals surface area (Å²) in [6.07, 6.45) is 1.91. The molecule has 1 aromatic carbocycles. The molecule has 0 atom stereocenters. The Morgan fingerprint density at radius 3 is 2.88 bits per heavy atom. The van der Waals surface area contributed by atoms with E-state index in [0.29, 0.717) is 0 Å². The van der Waals surface area contributed by atoms with Gasteiger partial charge in [-0.05, 0) is 43.2 Å². The first-order valence-electron chi connectivity index (χ1n) is 5.59. The van der Waals surface area contributed by atoms with Gasteiger partial charge in [0, 0.05) is 12.7 Å². The predicted molar refractivity (Wildman–Crippen MR) is 73.0 cm³/mol. The normalized spacial score (nSPS) is 10.3. The fourth-order valence-electron chi connectivity index (χ4n) is 1.67. The Kier molecular flexibility index (Phi) is 3.64. The second kappa shape index (κ2) is 5.19. The van der Waals surface area contributed by atoms with Crippen molar-refractivity contribution in [3.05, 3.63) is 30.0 Å². The van der Waals surface area contributed by atoms with Gasteiger partial charge in [-0.25, -0.2) is 4.98 Å². The summed E-state index contributed by atoms with van der Waals surface area (Å²) in [6.45, 7) is 5.02. The van der Waals surface area contributed by atoms with Gasteiger partial charge in [-0.2, -0.15) is 0 Å². The third kappa shape index (κ3) is 2.58. The molecule has 0 aliphatic heterocycles. The molecule has 4 heteroatoms. The van der Waals surface area contributed by atoms with Crippen LogP contribution in [-0.4, -0.2) is 18.6 Å². The number of nitrogens with one attached hydrogen (secondary N) is 1. The molecule has 1 N–H and O–H groups in total. The van der Waals surface area contributed by atoms with Crippen LogP contribution in [0, 0.1) is 6.92 Å². The summed E-state index contributed by atoms with van der Waals surface area (Å²) in [7, 11) is 1.69. The van der Waals surface area contributed by atoms with Crippen LogP contribution in [0.1, 0.15) is 12.5 Å². The minimum absolute atomic E-state index is 0.897. The highest BCUT2D eigenvalue weighted by Crippen LogP contribution is 2.31. The Morgan fingerprint density at radius 1 is 1.41 bits per heavy atom. The van der Waals surface area contributed by atoms with E-state index in [1.807, 2.05) is 12.3 Å². The maximum Gasteiger partial charge on any atom is 0.183 e. The van der Waals surface area contributed by atoms with Gasteiger partial charge >= 0.3 is 0 Å². The topological polar surface area (TPSA) is 34.2 Å². The summed E-state index contributed by atoms with van der Waals surface area (Å²) in [4.78, 5) is 5.50. The van der Waals surface area contributed by atoms with Crippen molar-refractivity contribution in [2.75, 3.05) is 19.0 Å². The second-order valence-corrected chi connectivity index (χ2v) is 4.78. The fourth-order valence-corrected chi connectivity index (χ4v) is 2.55. The van der Waals surface area contributed by atoms with Crippen molar-refractivity contribution in [1.29, 1.82) is 0 Å². The molecule has 1 aromatic heterocycles. The molecular weight excluding hydrogens is 232 g/mol. The number of methoxy groups -OCH3 is 1. The summed E-state index contributed by atoms with van der Waals surface area (Å²) >= 11 is 1.67. The smallest absolute Gasteiger partial charge is 0.183 e. The molecule has 2 rings (SSSR count). The molecule has 0 saturated heterocycles. The average molecular weight is 248 g/mol. The van der Waals surface area contributed by atoms with E-state index in [1.54, 1.807) is 18.4 Å². The van der Waals surface area contributed by atoms with Gasteiger partial charge in [-0.15, -0.1) is 0 Å². The van der Waals surface area contributed by atoms with E-state index >= 15 is 0 Å². The zero-order chi connectivity index (χ0) is 12.3. The number of ether oxygens (including phenoxy) is 1. The van der Waals surface area contributed by atoms with E-state index in [0.717, 1.165) is 23.0 Å². The molecule has 1 heterocycles. The van der Waals surface area contributed by atoms with Crippen molar-refractivity contribution in [3.8, 4) is 16.2 Å². The molecule has 90 valence electrons. The van der Waals surface area contributed by atoms with Gasteiger partial charge in [-0.1, -0.05) is 11.3 Å². The highest BCUT2D eigenvalue weighted by Gasteiger charge is 2.06. The van der Waals surface area contributed by atoms with Crippen molar-refractivity contribution < 1.29 is 4.74 Å². The molecule has 0 aliphatic rings. The molecule has 0 amide bonds. The van der Waals surface area contributed by atoms with Gasteiger partial charge in [0.2, 0.25) is 0 Å². The van der Waals surface area contributed by atoms with Gasteiger partial charge in [-0.3, -0.25) is 0 Å². The summed E-state index contributed by atoms with van der Waals surface area (Å²) in [5.74, 6) is 0.921. The lowest BCUT2D eigenvalue weighted by molar-refractivity contribution is 0.412. The third-order valence-corrected chi connectivity index (χ3v) is 3.52. The quantitative estimate of drug-likeness (QED) is 0.898. The summed E-state index contributed by atoms with van der Waals surface area (Å²) in [5, 5.41) is 4.19. The van der Waals surface area contributed by atoms with Gasteiger partial charge in [0.15, 0.2) is 5.13 Å². The Hall–Kier alpha value is -1.55. The molecule has 17 heavy (non-hydrogen) atoms. The predicted octanol–water partition coefficient (Wildman–Crippen LogP) is 3.56. The van der Waals surface area contributed by atoms with Crippen molar-refractivity contribution in [2.45, 2.75) is 13.8 Å². The highest BCUT2D eigenvalue weighted by molar-refractivity contribution is 7.18. The van der Waals surface area contributed by atoms with Gasteiger partial charge in [0.1, 0.15) is 5.75 Å². The van der Waals surface area contributed by atoms with Crippen molar-refractivity contribution in [2.24, 2.45) is 0 Å². The summed E-state index contributed by atoms with van der Waals surface area (Å²) < 4.78 is 5.26. The summed E-state index contributed by atoms with van der Waals surface area (Å²) in [6, 6.07) is 6.19. The molecule has 0 radical (unpaired) electrons. The van der Waals surface area contributed by atoms with E-state index in [-0.39, 0.29) is 0 Å². The van der Waals surface area contributed by atoms with Gasteiger partial charge < -0.3 is 10.1 Å². The van der Waals surface area contributed by atoms with E-state index in [2.05, 4.69) is 36.3 Å². The number of nitrogens with zero attached hydrogens (tertiary/aromatic N) is 1. The van der Waals surface area contributed by atoms with E-state index in [1.165, 1.54) is 10.4 Å². The molecule has 0 aliphatic carbocycles. The zero-order valence-electron chi connectivity index (χ0n) is 10.3. The molecule has 0 saturated carbocycles. The van der Waals surface area contributed by atoms with Crippen LogP contribution in [0.4, 0.5) is 5.13 Å². The van der Waals surface area contributed by atoms with Crippen LogP contribution >= 0.6 is 11.3 Å². The minimum Gasteiger partial charge on any atom is -0.496 e. The largest absolute Gasteiger partial charge is 0.496 e. The van der Waals surface area contributed by atoms with Crippen molar-refractivity contribution in [1.82, 2.24) is 4.98 Å². The third-order valence-electron chi connectivity index (χ3n) is 2.51. The second-order valence-electron chi connectivity index (χ2n) is 3.74. The van der Waals surface area contributed by atoms with E-state index in [9.17, 15) is 0 Å². The molecule has 0 unspecified atom stereocenters. The number of anilines is 1. The number of aromatic nitrogens is 1. The van der Waals surface area contributed by atoms with Crippen LogP contribution in [0.2, 0.25) is 0 Å². The fraction of sp³-hybridized carbons (Fsp3) is 0.308. The lowest BCUT2D eigenvalue weighted by Crippen LogP contribution is -1.94. The zero-order valence-corrected chi connectivity index (χ0v) is 11.1. The number of thiazole rings is 1. The van der Waals surface area contributed by atoms with Crippen LogP contribution in [0.25, 0.3) is 10.4 Å². The molecule has 0 bridgehead atoms. The van der Waals surface area contributed by atoms with Crippen LogP contribution < -0.4 is 10.1 Å². The maximum absolute atomic E-state index is 5.26. The maximum atomic E-state index is 5.26. The first-order valence-corrected chi connectivity index (χ1v) is 6.41. The van der Waals surface area contributed by atoms with Crippen LogP contribution in [0.5, 0.6) is 5.75 Å². The SMILES string of the molecule is CCNc1ncc(-c2ccc(OC)c(C)c2)s1.